The van der Waals surface area contributed by atoms with Crippen molar-refractivity contribution in [3.63, 3.8) is 0 Å². The molecule has 154 valence electrons. The van der Waals surface area contributed by atoms with E-state index in [1.54, 1.807) is 0 Å². The Balaban J connectivity index is 1.50. The lowest BCUT2D eigenvalue weighted by Crippen LogP contribution is -2.35. The molecular formula is C24H33N5. The molecule has 5 nitrogen and oxygen atoms in total. The average molecular weight is 392 g/mol. The molecule has 2 aliphatic heterocycles. The van der Waals surface area contributed by atoms with Gasteiger partial charge in [-0.25, -0.2) is 0 Å². The van der Waals surface area contributed by atoms with E-state index < -0.39 is 0 Å². The highest BCUT2D eigenvalue weighted by molar-refractivity contribution is 6.10. The first-order chi connectivity index (χ1) is 14.3. The van der Waals surface area contributed by atoms with E-state index in [4.69, 9.17) is 0 Å². The van der Waals surface area contributed by atoms with Crippen molar-refractivity contribution >= 4 is 33.2 Å². The van der Waals surface area contributed by atoms with Crippen LogP contribution in [0.1, 0.15) is 32.6 Å². The van der Waals surface area contributed by atoms with E-state index in [2.05, 4.69) is 69.2 Å². The molecule has 0 saturated carbocycles. The molecule has 29 heavy (non-hydrogen) atoms. The number of rotatable bonds is 5. The van der Waals surface area contributed by atoms with E-state index in [1.807, 2.05) is 0 Å². The van der Waals surface area contributed by atoms with Crippen LogP contribution in [0.25, 0.3) is 21.8 Å². The van der Waals surface area contributed by atoms with Gasteiger partial charge < -0.3 is 25.8 Å². The van der Waals surface area contributed by atoms with E-state index >= 15 is 0 Å². The third kappa shape index (κ3) is 3.81. The van der Waals surface area contributed by atoms with Gasteiger partial charge in [0.1, 0.15) is 0 Å². The van der Waals surface area contributed by atoms with Crippen LogP contribution in [0.4, 0.5) is 11.4 Å². The van der Waals surface area contributed by atoms with Crippen LogP contribution in [0.3, 0.4) is 0 Å². The van der Waals surface area contributed by atoms with Gasteiger partial charge in [-0.15, -0.1) is 0 Å². The van der Waals surface area contributed by atoms with Crippen molar-refractivity contribution in [2.45, 2.75) is 51.2 Å². The second-order valence-corrected chi connectivity index (χ2v) is 8.55. The monoisotopic (exact) mass is 391 g/mol. The minimum Gasteiger partial charge on any atom is -0.382 e. The van der Waals surface area contributed by atoms with Crippen LogP contribution in [-0.2, 0) is 6.54 Å². The molecule has 2 saturated heterocycles. The molecule has 5 rings (SSSR count). The molecule has 0 bridgehead atoms. The highest BCUT2D eigenvalue weighted by atomic mass is 15.0. The predicted octanol–water partition coefficient (Wildman–Crippen LogP) is 4.14. The Labute approximate surface area is 173 Å². The molecule has 3 aromatic rings. The maximum atomic E-state index is 3.77. The van der Waals surface area contributed by atoms with Crippen molar-refractivity contribution in [3.05, 3.63) is 36.4 Å². The maximum absolute atomic E-state index is 3.77. The zero-order chi connectivity index (χ0) is 19.6. The number of aromatic nitrogens is 1. The van der Waals surface area contributed by atoms with Crippen molar-refractivity contribution in [1.29, 1.82) is 0 Å². The summed E-state index contributed by atoms with van der Waals surface area (Å²) in [6.45, 7) is 7.67. The van der Waals surface area contributed by atoms with E-state index in [9.17, 15) is 0 Å². The fraction of sp³-hybridized carbons (Fsp3) is 0.500. The van der Waals surface area contributed by atoms with E-state index in [-0.39, 0.29) is 0 Å². The molecule has 0 amide bonds. The van der Waals surface area contributed by atoms with E-state index in [1.165, 1.54) is 58.9 Å². The highest BCUT2D eigenvalue weighted by Crippen LogP contribution is 2.33. The Morgan fingerprint density at radius 3 is 1.62 bits per heavy atom. The Morgan fingerprint density at radius 1 is 0.759 bits per heavy atom. The summed E-state index contributed by atoms with van der Waals surface area (Å²) < 4.78 is 2.44. The number of aryl methyl sites for hydroxylation is 1. The van der Waals surface area contributed by atoms with E-state index in [0.717, 1.165) is 32.7 Å². The van der Waals surface area contributed by atoms with Gasteiger partial charge in [-0.2, -0.15) is 0 Å². The lowest BCUT2D eigenvalue weighted by molar-refractivity contribution is 0.479. The lowest BCUT2D eigenvalue weighted by Gasteiger charge is -2.25. The summed E-state index contributed by atoms with van der Waals surface area (Å²) in [7, 11) is 0. The number of benzene rings is 2. The van der Waals surface area contributed by atoms with Crippen molar-refractivity contribution < 1.29 is 0 Å². The van der Waals surface area contributed by atoms with E-state index in [0.29, 0.717) is 12.1 Å². The zero-order valence-corrected chi connectivity index (χ0v) is 17.4. The molecule has 0 aliphatic carbocycles. The molecule has 0 unspecified atom stereocenters. The van der Waals surface area contributed by atoms with Gasteiger partial charge in [0.15, 0.2) is 0 Å². The Hall–Kier alpha value is -2.24. The first-order valence-electron chi connectivity index (χ1n) is 11.3. The largest absolute Gasteiger partial charge is 0.382 e. The van der Waals surface area contributed by atoms with Gasteiger partial charge in [0, 0.05) is 51.8 Å². The fourth-order valence-electron chi connectivity index (χ4n) is 5.03. The highest BCUT2D eigenvalue weighted by Gasteiger charge is 2.16. The molecule has 2 aliphatic rings. The van der Waals surface area contributed by atoms with Gasteiger partial charge in [-0.05, 0) is 95.2 Å². The Morgan fingerprint density at radius 2 is 1.21 bits per heavy atom. The van der Waals surface area contributed by atoms with Gasteiger partial charge in [0.25, 0.3) is 0 Å². The minimum atomic E-state index is 0.574. The topological polar surface area (TPSA) is 53.1 Å². The molecule has 4 N–H and O–H groups in total. The number of anilines is 2. The number of piperidine rings is 2. The number of nitrogens with zero attached hydrogens (tertiary/aromatic N) is 1. The number of hydrogen-bond acceptors (Lipinski definition) is 4. The van der Waals surface area contributed by atoms with Crippen LogP contribution in [0.5, 0.6) is 0 Å². The molecule has 0 spiro atoms. The number of fused-ring (bicyclic) bond motifs is 3. The summed E-state index contributed by atoms with van der Waals surface area (Å²) in [6, 6.07) is 15.0. The second kappa shape index (κ2) is 8.25. The summed E-state index contributed by atoms with van der Waals surface area (Å²) in [6.07, 6.45) is 4.77. The van der Waals surface area contributed by atoms with Crippen molar-refractivity contribution in [2.24, 2.45) is 0 Å². The van der Waals surface area contributed by atoms with Crippen LogP contribution in [0, 0.1) is 0 Å². The molecule has 0 radical (unpaired) electrons. The zero-order valence-electron chi connectivity index (χ0n) is 17.4. The van der Waals surface area contributed by atoms with Crippen LogP contribution >= 0.6 is 0 Å². The molecule has 5 heteroatoms. The van der Waals surface area contributed by atoms with Gasteiger partial charge >= 0.3 is 0 Å². The molecular weight excluding hydrogens is 358 g/mol. The van der Waals surface area contributed by atoms with Crippen LogP contribution in [0.2, 0.25) is 0 Å². The van der Waals surface area contributed by atoms with Crippen molar-refractivity contribution in [2.75, 3.05) is 36.8 Å². The number of nitrogens with one attached hydrogen (secondary N) is 4. The SMILES string of the molecule is CCn1c2ccc(NC3CCNCC3)cc2c2cc(NC3CCNCC3)ccc21. The van der Waals surface area contributed by atoms with Crippen molar-refractivity contribution in [1.82, 2.24) is 15.2 Å². The second-order valence-electron chi connectivity index (χ2n) is 8.55. The minimum absolute atomic E-state index is 0.574. The predicted molar refractivity (Wildman–Crippen MR) is 124 cm³/mol. The molecule has 0 atom stereocenters. The fourth-order valence-corrected chi connectivity index (χ4v) is 5.03. The quantitative estimate of drug-likeness (QED) is 0.528. The molecule has 2 fully saturated rings. The van der Waals surface area contributed by atoms with Gasteiger partial charge in [0.05, 0.1) is 0 Å². The first-order valence-corrected chi connectivity index (χ1v) is 11.3. The van der Waals surface area contributed by atoms with Crippen LogP contribution < -0.4 is 21.3 Å². The Bertz CT molecular complexity index is 903. The number of hydrogen-bond donors (Lipinski definition) is 4. The van der Waals surface area contributed by atoms with Gasteiger partial charge in [-0.1, -0.05) is 0 Å². The third-order valence-corrected chi connectivity index (χ3v) is 6.60. The lowest BCUT2D eigenvalue weighted by atomic mass is 10.0. The summed E-state index contributed by atoms with van der Waals surface area (Å²) in [5.74, 6) is 0. The normalized spacial score (nSPS) is 19.1. The van der Waals surface area contributed by atoms with Crippen LogP contribution in [0.15, 0.2) is 36.4 Å². The summed E-state index contributed by atoms with van der Waals surface area (Å²) in [5, 5.41) is 17.2. The molecule has 1 aromatic heterocycles. The Kier molecular flexibility index (Phi) is 5.34. The van der Waals surface area contributed by atoms with Gasteiger partial charge in [0.2, 0.25) is 0 Å². The van der Waals surface area contributed by atoms with Crippen LogP contribution in [-0.4, -0.2) is 42.8 Å². The molecule has 3 heterocycles. The van der Waals surface area contributed by atoms with Crippen molar-refractivity contribution in [3.8, 4) is 0 Å². The summed E-state index contributed by atoms with van der Waals surface area (Å²) >= 11 is 0. The summed E-state index contributed by atoms with van der Waals surface area (Å²) in [4.78, 5) is 0. The first kappa shape index (κ1) is 18.8. The standard InChI is InChI=1S/C24H33N5/c1-2-29-23-5-3-19(27-17-7-11-25-12-8-17)15-21(23)22-16-20(4-6-24(22)29)28-18-9-13-26-14-10-18/h3-6,15-18,25-28H,2,7-14H2,1H3. The maximum Gasteiger partial charge on any atom is 0.0492 e. The molecule has 2 aromatic carbocycles. The average Bonchev–Trinajstić information content (AvgIpc) is 3.07. The third-order valence-electron chi connectivity index (χ3n) is 6.60. The summed E-state index contributed by atoms with van der Waals surface area (Å²) in [5.41, 5.74) is 5.15. The smallest absolute Gasteiger partial charge is 0.0492 e. The van der Waals surface area contributed by atoms with Gasteiger partial charge in [-0.3, -0.25) is 0 Å².